The predicted octanol–water partition coefficient (Wildman–Crippen LogP) is 5.85. The van der Waals surface area contributed by atoms with Gasteiger partial charge >= 0.3 is 0 Å². The van der Waals surface area contributed by atoms with E-state index >= 15 is 0 Å². The molecular weight excluding hydrogens is 318 g/mol. The van der Waals surface area contributed by atoms with Gasteiger partial charge in [-0.15, -0.1) is 6.58 Å². The van der Waals surface area contributed by atoms with E-state index in [0.717, 1.165) is 34.6 Å². The van der Waals surface area contributed by atoms with Crippen molar-refractivity contribution in [2.75, 3.05) is 7.11 Å². The average Bonchev–Trinajstić information content (AvgIpc) is 2.72. The third-order valence-corrected chi connectivity index (χ3v) is 4.25. The highest BCUT2D eigenvalue weighted by molar-refractivity contribution is 6.13. The summed E-state index contributed by atoms with van der Waals surface area (Å²) in [5.74, 6) is 0.840. The fraction of sp³-hybridized carbons (Fsp3) is 0.125. The molecule has 0 saturated heterocycles. The Hall–Kier alpha value is -3.13. The second kappa shape index (κ2) is 8.82. The first-order chi connectivity index (χ1) is 12.8. The Morgan fingerprint density at radius 3 is 2.08 bits per heavy atom. The number of methoxy groups -OCH3 is 1. The normalized spacial score (nSPS) is 11.4. The van der Waals surface area contributed by atoms with Crippen molar-refractivity contribution in [1.82, 2.24) is 0 Å². The molecule has 0 aliphatic rings. The van der Waals surface area contributed by atoms with E-state index in [1.807, 2.05) is 60.7 Å². The molecule has 0 saturated carbocycles. The molecule has 0 aromatic heterocycles. The van der Waals surface area contributed by atoms with Gasteiger partial charge in [0.25, 0.3) is 0 Å². The maximum atomic E-state index is 5.38. The van der Waals surface area contributed by atoms with Gasteiger partial charge in [-0.05, 0) is 24.1 Å². The molecule has 0 aliphatic carbocycles. The molecule has 0 aliphatic heterocycles. The Labute approximate surface area is 155 Å². The topological polar surface area (TPSA) is 21.6 Å². The van der Waals surface area contributed by atoms with Crippen molar-refractivity contribution in [2.24, 2.45) is 4.99 Å². The summed E-state index contributed by atoms with van der Waals surface area (Å²) in [5, 5.41) is 0. The van der Waals surface area contributed by atoms with Gasteiger partial charge in [0.05, 0.1) is 18.9 Å². The second-order valence-electron chi connectivity index (χ2n) is 6.03. The number of ether oxygens (including phenoxy) is 1. The molecule has 3 aromatic rings. The summed E-state index contributed by atoms with van der Waals surface area (Å²) in [6.45, 7) is 3.92. The molecule has 0 bridgehead atoms. The Morgan fingerprint density at radius 1 is 0.923 bits per heavy atom. The zero-order valence-electron chi connectivity index (χ0n) is 15.0. The van der Waals surface area contributed by atoms with Crippen LogP contribution in [0, 0.1) is 0 Å². The van der Waals surface area contributed by atoms with E-state index in [2.05, 4.69) is 36.9 Å². The number of aliphatic imine (C=N–C) groups is 1. The molecule has 1 unspecified atom stereocenters. The van der Waals surface area contributed by atoms with Crippen molar-refractivity contribution < 1.29 is 4.74 Å². The third kappa shape index (κ3) is 4.28. The largest absolute Gasteiger partial charge is 0.497 e. The van der Waals surface area contributed by atoms with Gasteiger partial charge in [-0.25, -0.2) is 0 Å². The van der Waals surface area contributed by atoms with Crippen LogP contribution in [-0.2, 0) is 0 Å². The Bertz CT molecular complexity index is 827. The number of benzene rings is 3. The van der Waals surface area contributed by atoms with E-state index in [4.69, 9.17) is 9.73 Å². The molecule has 3 rings (SSSR count). The SMILES string of the molecule is C=CCC(N=C(c1ccccc1)c1ccccc1)c1cccc(OC)c1. The van der Waals surface area contributed by atoms with E-state index in [1.165, 1.54) is 0 Å². The van der Waals surface area contributed by atoms with Gasteiger partial charge in [0, 0.05) is 11.1 Å². The van der Waals surface area contributed by atoms with E-state index in [-0.39, 0.29) is 6.04 Å². The van der Waals surface area contributed by atoms with Crippen molar-refractivity contribution >= 4 is 5.71 Å². The van der Waals surface area contributed by atoms with Crippen LogP contribution < -0.4 is 4.74 Å². The minimum atomic E-state index is -0.0157. The summed E-state index contributed by atoms with van der Waals surface area (Å²) in [6.07, 6.45) is 2.68. The third-order valence-electron chi connectivity index (χ3n) is 4.25. The van der Waals surface area contributed by atoms with Crippen LogP contribution in [0.5, 0.6) is 5.75 Å². The van der Waals surface area contributed by atoms with Gasteiger partial charge in [-0.3, -0.25) is 4.99 Å². The van der Waals surface area contributed by atoms with Gasteiger partial charge in [0.2, 0.25) is 0 Å². The molecule has 2 nitrogen and oxygen atoms in total. The molecule has 0 N–H and O–H groups in total. The number of hydrogen-bond acceptors (Lipinski definition) is 2. The molecule has 1 atom stereocenters. The van der Waals surface area contributed by atoms with Crippen molar-refractivity contribution in [3.05, 3.63) is 114 Å². The minimum absolute atomic E-state index is 0.0157. The first-order valence-corrected chi connectivity index (χ1v) is 8.75. The molecule has 130 valence electrons. The zero-order chi connectivity index (χ0) is 18.2. The van der Waals surface area contributed by atoms with Crippen LogP contribution >= 0.6 is 0 Å². The zero-order valence-corrected chi connectivity index (χ0v) is 15.0. The standard InChI is InChI=1S/C24H23NO/c1-3-11-23(21-16-10-17-22(18-21)26-2)25-24(19-12-6-4-7-13-19)20-14-8-5-9-15-20/h3-10,12-18,23H,1,11H2,2H3. The summed E-state index contributed by atoms with van der Waals surface area (Å²) >= 11 is 0. The van der Waals surface area contributed by atoms with E-state index in [1.54, 1.807) is 7.11 Å². The minimum Gasteiger partial charge on any atom is -0.497 e. The summed E-state index contributed by atoms with van der Waals surface area (Å²) in [7, 11) is 1.68. The summed E-state index contributed by atoms with van der Waals surface area (Å²) in [6, 6.07) is 28.7. The lowest BCUT2D eigenvalue weighted by Gasteiger charge is -2.16. The summed E-state index contributed by atoms with van der Waals surface area (Å²) in [4.78, 5) is 5.14. The quantitative estimate of drug-likeness (QED) is 0.390. The van der Waals surface area contributed by atoms with Gasteiger partial charge in [-0.1, -0.05) is 78.9 Å². The maximum Gasteiger partial charge on any atom is 0.119 e. The monoisotopic (exact) mass is 341 g/mol. The van der Waals surface area contributed by atoms with Gasteiger partial charge in [0.1, 0.15) is 5.75 Å². The molecule has 0 fully saturated rings. The smallest absolute Gasteiger partial charge is 0.119 e. The molecule has 0 spiro atoms. The highest BCUT2D eigenvalue weighted by Crippen LogP contribution is 2.27. The number of nitrogens with zero attached hydrogens (tertiary/aromatic N) is 1. The van der Waals surface area contributed by atoms with Crippen LogP contribution in [0.4, 0.5) is 0 Å². The Morgan fingerprint density at radius 2 is 1.54 bits per heavy atom. The Balaban J connectivity index is 2.10. The lowest BCUT2D eigenvalue weighted by Crippen LogP contribution is -2.07. The van der Waals surface area contributed by atoms with Gasteiger partial charge in [0.15, 0.2) is 0 Å². The molecule has 3 aromatic carbocycles. The second-order valence-corrected chi connectivity index (χ2v) is 6.03. The lowest BCUT2D eigenvalue weighted by atomic mass is 9.99. The summed E-state index contributed by atoms with van der Waals surface area (Å²) < 4.78 is 5.38. The van der Waals surface area contributed by atoms with Crippen molar-refractivity contribution in [1.29, 1.82) is 0 Å². The van der Waals surface area contributed by atoms with Crippen molar-refractivity contribution in [3.63, 3.8) is 0 Å². The lowest BCUT2D eigenvalue weighted by molar-refractivity contribution is 0.414. The molecule has 26 heavy (non-hydrogen) atoms. The fourth-order valence-electron chi connectivity index (χ4n) is 2.93. The van der Waals surface area contributed by atoms with E-state index in [9.17, 15) is 0 Å². The highest BCUT2D eigenvalue weighted by atomic mass is 16.5. The molecular formula is C24H23NO. The Kier molecular flexibility index (Phi) is 6.00. The molecule has 0 heterocycles. The summed E-state index contributed by atoms with van der Waals surface area (Å²) in [5.41, 5.74) is 4.32. The predicted molar refractivity (Wildman–Crippen MR) is 109 cm³/mol. The van der Waals surface area contributed by atoms with Crippen LogP contribution in [0.1, 0.15) is 29.2 Å². The number of rotatable bonds is 7. The maximum absolute atomic E-state index is 5.38. The van der Waals surface area contributed by atoms with Crippen LogP contribution in [0.2, 0.25) is 0 Å². The van der Waals surface area contributed by atoms with E-state index in [0.29, 0.717) is 0 Å². The first-order valence-electron chi connectivity index (χ1n) is 8.75. The molecule has 0 amide bonds. The van der Waals surface area contributed by atoms with Crippen molar-refractivity contribution in [2.45, 2.75) is 12.5 Å². The highest BCUT2D eigenvalue weighted by Gasteiger charge is 2.13. The average molecular weight is 341 g/mol. The van der Waals surface area contributed by atoms with Crippen molar-refractivity contribution in [3.8, 4) is 5.75 Å². The fourth-order valence-corrected chi connectivity index (χ4v) is 2.93. The van der Waals surface area contributed by atoms with Crippen LogP contribution in [0.25, 0.3) is 0 Å². The number of hydrogen-bond donors (Lipinski definition) is 0. The van der Waals surface area contributed by atoms with Gasteiger partial charge in [-0.2, -0.15) is 0 Å². The molecule has 0 radical (unpaired) electrons. The van der Waals surface area contributed by atoms with Crippen LogP contribution in [0.3, 0.4) is 0 Å². The first kappa shape index (κ1) is 17.7. The van der Waals surface area contributed by atoms with Crippen LogP contribution in [-0.4, -0.2) is 12.8 Å². The van der Waals surface area contributed by atoms with E-state index < -0.39 is 0 Å². The van der Waals surface area contributed by atoms with Crippen LogP contribution in [0.15, 0.2) is 103 Å². The molecule has 2 heteroatoms. The van der Waals surface area contributed by atoms with Gasteiger partial charge < -0.3 is 4.74 Å².